The minimum absolute atomic E-state index is 0.730. The van der Waals surface area contributed by atoms with Gasteiger partial charge in [0.2, 0.25) is 0 Å². The first-order valence-electron chi connectivity index (χ1n) is 7.92. The van der Waals surface area contributed by atoms with Crippen molar-refractivity contribution >= 4 is 5.69 Å². The lowest BCUT2D eigenvalue weighted by Gasteiger charge is -2.36. The first-order chi connectivity index (χ1) is 9.36. The minimum Gasteiger partial charge on any atom is -0.385 e. The number of fused-ring (bicyclic) bond motifs is 1. The van der Waals surface area contributed by atoms with Crippen molar-refractivity contribution in [2.24, 2.45) is 5.92 Å². The number of hydrogen-bond acceptors (Lipinski definition) is 2. The second-order valence-electron chi connectivity index (χ2n) is 6.18. The Morgan fingerprint density at radius 1 is 1.26 bits per heavy atom. The van der Waals surface area contributed by atoms with Gasteiger partial charge >= 0.3 is 0 Å². The topological polar surface area (TPSA) is 15.3 Å². The van der Waals surface area contributed by atoms with E-state index >= 15 is 0 Å². The summed E-state index contributed by atoms with van der Waals surface area (Å²) in [4.78, 5) is 2.71. The molecule has 1 aromatic carbocycles. The average molecular weight is 258 g/mol. The van der Waals surface area contributed by atoms with Crippen LogP contribution in [0.15, 0.2) is 24.3 Å². The van der Waals surface area contributed by atoms with Gasteiger partial charge < -0.3 is 10.2 Å². The Balaban J connectivity index is 1.67. The van der Waals surface area contributed by atoms with E-state index in [0.717, 1.165) is 18.4 Å². The van der Waals surface area contributed by atoms with E-state index in [1.54, 1.807) is 0 Å². The molecule has 0 aromatic heterocycles. The molecule has 2 heterocycles. The molecule has 19 heavy (non-hydrogen) atoms. The summed E-state index contributed by atoms with van der Waals surface area (Å²) in [6.45, 7) is 7.36. The Bertz CT molecular complexity index is 415. The maximum atomic E-state index is 3.53. The quantitative estimate of drug-likeness (QED) is 0.889. The van der Waals surface area contributed by atoms with Crippen LogP contribution in [0.25, 0.3) is 0 Å². The fraction of sp³-hybridized carbons (Fsp3) is 0.647. The number of benzene rings is 1. The van der Waals surface area contributed by atoms with E-state index in [2.05, 4.69) is 41.4 Å². The summed E-state index contributed by atoms with van der Waals surface area (Å²) < 4.78 is 0. The molecule has 1 fully saturated rings. The second kappa shape index (κ2) is 5.96. The van der Waals surface area contributed by atoms with Crippen molar-refractivity contribution in [2.45, 2.75) is 38.5 Å². The maximum Gasteiger partial charge on any atom is 0.0376 e. The van der Waals surface area contributed by atoms with Gasteiger partial charge in [-0.1, -0.05) is 31.5 Å². The number of nitrogens with one attached hydrogen (secondary N) is 1. The van der Waals surface area contributed by atoms with Crippen LogP contribution < -0.4 is 5.32 Å². The van der Waals surface area contributed by atoms with Crippen molar-refractivity contribution in [1.82, 2.24) is 4.90 Å². The van der Waals surface area contributed by atoms with Crippen molar-refractivity contribution in [2.75, 3.05) is 31.5 Å². The molecule has 1 aromatic rings. The van der Waals surface area contributed by atoms with E-state index in [9.17, 15) is 0 Å². The zero-order valence-electron chi connectivity index (χ0n) is 12.1. The molecule has 0 radical (unpaired) electrons. The molecule has 2 unspecified atom stereocenters. The van der Waals surface area contributed by atoms with Crippen molar-refractivity contribution in [3.63, 3.8) is 0 Å². The Hall–Kier alpha value is -1.02. The van der Waals surface area contributed by atoms with E-state index in [1.165, 1.54) is 56.6 Å². The predicted molar refractivity (Wildman–Crippen MR) is 81.7 cm³/mol. The van der Waals surface area contributed by atoms with Crippen molar-refractivity contribution < 1.29 is 0 Å². The smallest absolute Gasteiger partial charge is 0.0376 e. The molecule has 1 saturated heterocycles. The number of para-hydroxylation sites is 1. The van der Waals surface area contributed by atoms with Crippen molar-refractivity contribution in [3.05, 3.63) is 29.8 Å². The molecule has 2 heteroatoms. The Labute approximate surface area is 117 Å². The van der Waals surface area contributed by atoms with E-state index in [4.69, 9.17) is 0 Å². The third kappa shape index (κ3) is 2.94. The third-order valence-electron chi connectivity index (χ3n) is 4.87. The first-order valence-corrected chi connectivity index (χ1v) is 7.92. The zero-order chi connectivity index (χ0) is 13.1. The molecule has 0 saturated carbocycles. The van der Waals surface area contributed by atoms with E-state index < -0.39 is 0 Å². The molecular formula is C17H26N2. The van der Waals surface area contributed by atoms with Crippen LogP contribution in [0.2, 0.25) is 0 Å². The number of rotatable bonds is 3. The van der Waals surface area contributed by atoms with E-state index in [-0.39, 0.29) is 0 Å². The highest BCUT2D eigenvalue weighted by atomic mass is 15.1. The van der Waals surface area contributed by atoms with Gasteiger partial charge in [-0.25, -0.2) is 0 Å². The van der Waals surface area contributed by atoms with Gasteiger partial charge in [0, 0.05) is 31.2 Å². The van der Waals surface area contributed by atoms with Crippen LogP contribution in [-0.4, -0.2) is 31.1 Å². The lowest BCUT2D eigenvalue weighted by atomic mass is 9.89. The molecule has 0 aliphatic carbocycles. The molecule has 2 atom stereocenters. The Morgan fingerprint density at radius 3 is 3.05 bits per heavy atom. The standard InChI is InChI=1S/C17H26N2/c1-2-14-6-5-11-19(12-14)13-15-9-10-18-17-8-4-3-7-16(15)17/h3-4,7-8,14-15,18H,2,5-6,9-13H2,1H3. The SMILES string of the molecule is CCC1CCCN(CC2CCNc3ccccc32)C1. The predicted octanol–water partition coefficient (Wildman–Crippen LogP) is 3.71. The van der Waals surface area contributed by atoms with Gasteiger partial charge in [-0.2, -0.15) is 0 Å². The van der Waals surface area contributed by atoms with Gasteiger partial charge in [0.1, 0.15) is 0 Å². The van der Waals surface area contributed by atoms with Gasteiger partial charge in [0.25, 0.3) is 0 Å². The largest absolute Gasteiger partial charge is 0.385 e. The molecule has 0 spiro atoms. The van der Waals surface area contributed by atoms with Crippen LogP contribution in [0, 0.1) is 5.92 Å². The van der Waals surface area contributed by atoms with E-state index in [0.29, 0.717) is 0 Å². The molecule has 1 N–H and O–H groups in total. The summed E-state index contributed by atoms with van der Waals surface area (Å²) in [5, 5.41) is 3.53. The molecule has 2 nitrogen and oxygen atoms in total. The fourth-order valence-corrected chi connectivity index (χ4v) is 3.70. The summed E-state index contributed by atoms with van der Waals surface area (Å²) in [5.74, 6) is 1.67. The van der Waals surface area contributed by atoms with Gasteiger partial charge in [0.05, 0.1) is 0 Å². The highest BCUT2D eigenvalue weighted by Crippen LogP contribution is 2.33. The number of likely N-dealkylation sites (tertiary alicyclic amines) is 1. The molecule has 2 aliphatic rings. The summed E-state index contributed by atoms with van der Waals surface area (Å²) in [6, 6.07) is 8.87. The van der Waals surface area contributed by atoms with Gasteiger partial charge in [0.15, 0.2) is 0 Å². The van der Waals surface area contributed by atoms with Crippen molar-refractivity contribution in [3.8, 4) is 0 Å². The molecule has 0 bridgehead atoms. The zero-order valence-corrected chi connectivity index (χ0v) is 12.1. The van der Waals surface area contributed by atoms with Crippen LogP contribution in [0.1, 0.15) is 44.1 Å². The number of hydrogen-bond donors (Lipinski definition) is 1. The summed E-state index contributed by atoms with van der Waals surface area (Å²) in [6.07, 6.45) is 5.46. The lowest BCUT2D eigenvalue weighted by Crippen LogP contribution is -2.39. The Morgan fingerprint density at radius 2 is 2.16 bits per heavy atom. The number of nitrogens with zero attached hydrogens (tertiary/aromatic N) is 1. The van der Waals surface area contributed by atoms with Gasteiger partial charge in [-0.3, -0.25) is 0 Å². The highest BCUT2D eigenvalue weighted by molar-refractivity contribution is 5.54. The third-order valence-corrected chi connectivity index (χ3v) is 4.87. The second-order valence-corrected chi connectivity index (χ2v) is 6.18. The molecule has 104 valence electrons. The van der Waals surface area contributed by atoms with Crippen molar-refractivity contribution in [1.29, 1.82) is 0 Å². The van der Waals surface area contributed by atoms with Crippen LogP contribution in [0.5, 0.6) is 0 Å². The molecule has 0 amide bonds. The van der Waals surface area contributed by atoms with Crippen LogP contribution in [-0.2, 0) is 0 Å². The molecule has 3 rings (SSSR count). The normalized spacial score (nSPS) is 27.6. The fourth-order valence-electron chi connectivity index (χ4n) is 3.70. The molecule has 2 aliphatic heterocycles. The summed E-state index contributed by atoms with van der Waals surface area (Å²) >= 11 is 0. The van der Waals surface area contributed by atoms with Gasteiger partial charge in [-0.05, 0) is 43.4 Å². The lowest BCUT2D eigenvalue weighted by molar-refractivity contribution is 0.161. The number of piperidine rings is 1. The van der Waals surface area contributed by atoms with E-state index in [1.807, 2.05) is 0 Å². The van der Waals surface area contributed by atoms with Crippen LogP contribution >= 0.6 is 0 Å². The first kappa shape index (κ1) is 13.0. The maximum absolute atomic E-state index is 3.53. The summed E-state index contributed by atoms with van der Waals surface area (Å²) in [5.41, 5.74) is 2.90. The number of anilines is 1. The van der Waals surface area contributed by atoms with Crippen LogP contribution in [0.3, 0.4) is 0 Å². The molecular weight excluding hydrogens is 232 g/mol. The highest BCUT2D eigenvalue weighted by Gasteiger charge is 2.25. The average Bonchev–Trinajstić information content (AvgIpc) is 2.48. The Kier molecular flexibility index (Phi) is 4.07. The monoisotopic (exact) mass is 258 g/mol. The summed E-state index contributed by atoms with van der Waals surface area (Å²) in [7, 11) is 0. The minimum atomic E-state index is 0.730. The van der Waals surface area contributed by atoms with Crippen LogP contribution in [0.4, 0.5) is 5.69 Å². The van der Waals surface area contributed by atoms with Gasteiger partial charge in [-0.15, -0.1) is 0 Å².